The number of benzene rings is 3. The summed E-state index contributed by atoms with van der Waals surface area (Å²) < 4.78 is 13.5. The highest BCUT2D eigenvalue weighted by Gasteiger charge is 2.33. The standard InChI is InChI=1S/C30H30N6O2/c1-37-26-15-13-25(14-16-26)36-30(31-32-33-36)29(28-22-24-11-5-6-12-27(24)38-28)35-20-18-34(19-21-35)17-7-10-23-8-3-2-4-9-23/h2-16,22,29H,17-21H2,1H3/b10-7+. The molecule has 3 heterocycles. The first-order chi connectivity index (χ1) is 18.8. The number of rotatable bonds is 8. The number of nitrogens with zero attached hydrogens (tertiary/aromatic N) is 6. The lowest BCUT2D eigenvalue weighted by atomic mass is 10.1. The minimum atomic E-state index is -0.221. The predicted molar refractivity (Wildman–Crippen MR) is 147 cm³/mol. The summed E-state index contributed by atoms with van der Waals surface area (Å²) >= 11 is 0. The molecule has 0 saturated carbocycles. The largest absolute Gasteiger partial charge is 0.497 e. The van der Waals surface area contributed by atoms with Crippen molar-refractivity contribution < 1.29 is 9.15 Å². The predicted octanol–water partition coefficient (Wildman–Crippen LogP) is 4.84. The molecule has 1 atom stereocenters. The number of methoxy groups -OCH3 is 1. The Morgan fingerprint density at radius 1 is 0.921 bits per heavy atom. The third kappa shape index (κ3) is 5.09. The van der Waals surface area contributed by atoms with E-state index in [-0.39, 0.29) is 6.04 Å². The number of para-hydroxylation sites is 1. The van der Waals surface area contributed by atoms with Gasteiger partial charge >= 0.3 is 0 Å². The molecule has 5 aromatic rings. The van der Waals surface area contributed by atoms with Gasteiger partial charge in [0.1, 0.15) is 23.1 Å². The number of furan rings is 1. The van der Waals surface area contributed by atoms with Crippen LogP contribution in [0.1, 0.15) is 23.2 Å². The first-order valence-electron chi connectivity index (χ1n) is 12.9. The van der Waals surface area contributed by atoms with E-state index in [1.54, 1.807) is 11.8 Å². The molecule has 38 heavy (non-hydrogen) atoms. The van der Waals surface area contributed by atoms with Crippen molar-refractivity contribution in [3.8, 4) is 11.4 Å². The lowest BCUT2D eigenvalue weighted by Gasteiger charge is -2.37. The van der Waals surface area contributed by atoms with Gasteiger partial charge in [-0.1, -0.05) is 60.7 Å². The number of fused-ring (bicyclic) bond motifs is 1. The molecule has 1 aliphatic heterocycles. The zero-order valence-electron chi connectivity index (χ0n) is 21.4. The van der Waals surface area contributed by atoms with Crippen LogP contribution >= 0.6 is 0 Å². The van der Waals surface area contributed by atoms with Crippen LogP contribution in [0.3, 0.4) is 0 Å². The quantitative estimate of drug-likeness (QED) is 0.298. The number of ether oxygens (including phenoxy) is 1. The molecular weight excluding hydrogens is 476 g/mol. The number of aromatic nitrogens is 4. The molecule has 192 valence electrons. The van der Waals surface area contributed by atoms with Crippen molar-refractivity contribution >= 4 is 17.0 Å². The number of piperazine rings is 1. The number of tetrazole rings is 1. The second-order valence-corrected chi connectivity index (χ2v) is 9.39. The lowest BCUT2D eigenvalue weighted by Crippen LogP contribution is -2.48. The molecule has 0 aliphatic carbocycles. The molecule has 0 amide bonds. The summed E-state index contributed by atoms with van der Waals surface area (Å²) in [5.74, 6) is 2.36. The van der Waals surface area contributed by atoms with Crippen LogP contribution in [0.15, 0.2) is 95.4 Å². The van der Waals surface area contributed by atoms with Crippen LogP contribution in [0.5, 0.6) is 5.75 Å². The van der Waals surface area contributed by atoms with E-state index in [2.05, 4.69) is 73.9 Å². The molecule has 1 unspecified atom stereocenters. The molecule has 6 rings (SSSR count). The van der Waals surface area contributed by atoms with Gasteiger partial charge in [0, 0.05) is 38.1 Å². The van der Waals surface area contributed by atoms with Crippen molar-refractivity contribution in [2.24, 2.45) is 0 Å². The summed E-state index contributed by atoms with van der Waals surface area (Å²) in [6.45, 7) is 4.55. The molecule has 8 heteroatoms. The summed E-state index contributed by atoms with van der Waals surface area (Å²) in [5.41, 5.74) is 2.96. The minimum absolute atomic E-state index is 0.221. The van der Waals surface area contributed by atoms with Crippen LogP contribution in [-0.4, -0.2) is 69.8 Å². The Bertz CT molecular complexity index is 1470. The smallest absolute Gasteiger partial charge is 0.181 e. The van der Waals surface area contributed by atoms with Crippen LogP contribution in [0.25, 0.3) is 22.7 Å². The molecule has 1 aliphatic rings. The SMILES string of the molecule is COc1ccc(-n2nnnc2C(c2cc3ccccc3o2)N2CCN(C/C=C/c3ccccc3)CC2)cc1. The van der Waals surface area contributed by atoms with E-state index in [0.29, 0.717) is 0 Å². The molecule has 8 nitrogen and oxygen atoms in total. The number of hydrogen-bond acceptors (Lipinski definition) is 7. The van der Waals surface area contributed by atoms with E-state index in [1.165, 1.54) is 5.56 Å². The Hall–Kier alpha value is -4.27. The Labute approximate surface area is 221 Å². The topological polar surface area (TPSA) is 72.4 Å². The van der Waals surface area contributed by atoms with Gasteiger partial charge in [-0.2, -0.15) is 4.68 Å². The molecular formula is C30H30N6O2. The van der Waals surface area contributed by atoms with Crippen molar-refractivity contribution in [2.75, 3.05) is 39.8 Å². The van der Waals surface area contributed by atoms with E-state index >= 15 is 0 Å². The van der Waals surface area contributed by atoms with Crippen LogP contribution in [0, 0.1) is 0 Å². The maximum Gasteiger partial charge on any atom is 0.181 e. The van der Waals surface area contributed by atoms with Gasteiger partial charge < -0.3 is 9.15 Å². The first-order valence-corrected chi connectivity index (χ1v) is 12.9. The third-order valence-corrected chi connectivity index (χ3v) is 7.01. The van der Waals surface area contributed by atoms with Gasteiger partial charge in [0.2, 0.25) is 0 Å². The molecule has 0 N–H and O–H groups in total. The molecule has 1 saturated heterocycles. The van der Waals surface area contributed by atoms with E-state index < -0.39 is 0 Å². The minimum Gasteiger partial charge on any atom is -0.497 e. The molecule has 2 aromatic heterocycles. The highest BCUT2D eigenvalue weighted by molar-refractivity contribution is 5.77. The molecule has 3 aromatic carbocycles. The van der Waals surface area contributed by atoms with Gasteiger partial charge in [0.25, 0.3) is 0 Å². The van der Waals surface area contributed by atoms with Crippen molar-refractivity contribution in [3.05, 3.63) is 108 Å². The summed E-state index contributed by atoms with van der Waals surface area (Å²) in [6, 6.07) is 28.2. The van der Waals surface area contributed by atoms with Gasteiger partial charge in [0.05, 0.1) is 12.8 Å². The van der Waals surface area contributed by atoms with Crippen molar-refractivity contribution in [3.63, 3.8) is 0 Å². The first kappa shape index (κ1) is 24.1. The van der Waals surface area contributed by atoms with Crippen molar-refractivity contribution in [1.82, 2.24) is 30.0 Å². The van der Waals surface area contributed by atoms with Crippen molar-refractivity contribution in [2.45, 2.75) is 6.04 Å². The summed E-state index contributed by atoms with van der Waals surface area (Å²) in [4.78, 5) is 4.89. The van der Waals surface area contributed by atoms with Gasteiger partial charge in [-0.3, -0.25) is 9.80 Å². The fraction of sp³-hybridized carbons (Fsp3) is 0.233. The van der Waals surface area contributed by atoms with Gasteiger partial charge in [-0.05, 0) is 52.4 Å². The van der Waals surface area contributed by atoms with Gasteiger partial charge in [-0.25, -0.2) is 0 Å². The zero-order chi connectivity index (χ0) is 25.7. The lowest BCUT2D eigenvalue weighted by molar-refractivity contribution is 0.105. The average Bonchev–Trinajstić information content (AvgIpc) is 3.62. The second-order valence-electron chi connectivity index (χ2n) is 9.39. The van der Waals surface area contributed by atoms with Crippen molar-refractivity contribution in [1.29, 1.82) is 0 Å². The molecule has 0 spiro atoms. The monoisotopic (exact) mass is 506 g/mol. The Kier molecular flexibility index (Phi) is 6.97. The van der Waals surface area contributed by atoms with E-state index in [4.69, 9.17) is 9.15 Å². The molecule has 0 radical (unpaired) electrons. The normalized spacial score (nSPS) is 15.8. The van der Waals surface area contributed by atoms with E-state index in [1.807, 2.05) is 48.5 Å². The molecule has 1 fully saturated rings. The zero-order valence-corrected chi connectivity index (χ0v) is 21.4. The number of hydrogen-bond donors (Lipinski definition) is 0. The highest BCUT2D eigenvalue weighted by atomic mass is 16.5. The Morgan fingerprint density at radius 2 is 1.68 bits per heavy atom. The van der Waals surface area contributed by atoms with Crippen LogP contribution in [0.2, 0.25) is 0 Å². The van der Waals surface area contributed by atoms with Gasteiger partial charge in [-0.15, -0.1) is 5.10 Å². The van der Waals surface area contributed by atoms with Crippen LogP contribution < -0.4 is 4.74 Å². The maximum absolute atomic E-state index is 6.38. The fourth-order valence-corrected chi connectivity index (χ4v) is 4.99. The Balaban J connectivity index is 1.26. The average molecular weight is 507 g/mol. The molecule has 0 bridgehead atoms. The summed E-state index contributed by atoms with van der Waals surface area (Å²) in [6.07, 6.45) is 4.43. The third-order valence-electron chi connectivity index (χ3n) is 7.01. The highest BCUT2D eigenvalue weighted by Crippen LogP contribution is 2.33. The van der Waals surface area contributed by atoms with Gasteiger partial charge in [0.15, 0.2) is 5.82 Å². The fourth-order valence-electron chi connectivity index (χ4n) is 4.99. The van der Waals surface area contributed by atoms with E-state index in [0.717, 1.165) is 66.7 Å². The Morgan fingerprint density at radius 3 is 2.45 bits per heavy atom. The summed E-state index contributed by atoms with van der Waals surface area (Å²) in [5, 5.41) is 14.0. The maximum atomic E-state index is 6.38. The van der Waals surface area contributed by atoms with E-state index in [9.17, 15) is 0 Å². The van der Waals surface area contributed by atoms with Crippen LogP contribution in [-0.2, 0) is 0 Å². The summed E-state index contributed by atoms with van der Waals surface area (Å²) in [7, 11) is 1.66. The van der Waals surface area contributed by atoms with Crippen LogP contribution in [0.4, 0.5) is 0 Å². The second kappa shape index (κ2) is 11.0.